The molecule has 0 bridgehead atoms. The maximum atomic E-state index is 10.0. The van der Waals surface area contributed by atoms with Crippen LogP contribution in [0.25, 0.3) is 0 Å². The molecule has 0 fully saturated rings. The predicted octanol–water partition coefficient (Wildman–Crippen LogP) is 1.11. The number of hydrogen-bond donors (Lipinski definition) is 1. The largest absolute Gasteiger partial charge is 0.317 e. The van der Waals surface area contributed by atoms with Gasteiger partial charge in [0.25, 0.3) is 0 Å². The monoisotopic (exact) mass is 128 g/mol. The molecule has 9 heavy (non-hydrogen) atoms. The second-order valence-electron chi connectivity index (χ2n) is 3.43. The highest BCUT2D eigenvalue weighted by Crippen LogP contribution is 2.21. The van der Waals surface area contributed by atoms with Crippen LogP contribution in [0.3, 0.4) is 0 Å². The van der Waals surface area contributed by atoms with Crippen LogP contribution >= 0.6 is 0 Å². The Kier molecular flexibility index (Phi) is 2.85. The van der Waals surface area contributed by atoms with E-state index in [4.69, 9.17) is 5.73 Å². The molecule has 0 spiro atoms. The Bertz CT molecular complexity index is 93.6. The summed E-state index contributed by atoms with van der Waals surface area (Å²) in [5.74, 6) is 0. The molecule has 0 aromatic rings. The lowest BCUT2D eigenvalue weighted by atomic mass is 9.89. The molecular weight excluding hydrogens is 114 g/mol. The van der Waals surface area contributed by atoms with Crippen molar-refractivity contribution in [3.8, 4) is 0 Å². The Morgan fingerprint density at radius 1 is 1.56 bits per heavy atom. The van der Waals surface area contributed by atoms with E-state index in [0.29, 0.717) is 18.7 Å². The molecule has 0 saturated carbocycles. The molecule has 0 aliphatic carbocycles. The summed E-state index contributed by atoms with van der Waals surface area (Å²) in [6.45, 7) is 6.14. The first-order valence-electron chi connectivity index (χ1n) is 3.02. The third kappa shape index (κ3) is 5.50. The molecule has 0 unspecified atom stereocenters. The molecule has 1 radical (unpaired) electrons. The van der Waals surface area contributed by atoms with Gasteiger partial charge in [0.2, 0.25) is 0 Å². The van der Waals surface area contributed by atoms with Crippen molar-refractivity contribution in [3.05, 3.63) is 6.04 Å². The molecule has 0 amide bonds. The zero-order valence-electron chi connectivity index (χ0n) is 6.27. The summed E-state index contributed by atoms with van der Waals surface area (Å²) in [7, 11) is 0. The van der Waals surface area contributed by atoms with Gasteiger partial charge < -0.3 is 10.5 Å². The molecule has 0 aromatic carbocycles. The highest BCUT2D eigenvalue weighted by Gasteiger charge is 2.14. The molecule has 0 atom stereocenters. The molecule has 0 aromatic heterocycles. The van der Waals surface area contributed by atoms with E-state index >= 15 is 0 Å². The van der Waals surface area contributed by atoms with Crippen LogP contribution in [0, 0.1) is 11.5 Å². The number of carbonyl (C=O) groups is 1. The van der Waals surface area contributed by atoms with Crippen LogP contribution in [0.2, 0.25) is 0 Å². The number of carbonyl (C=O) groups excluding carboxylic acids is 1. The van der Waals surface area contributed by atoms with Gasteiger partial charge in [-0.25, -0.2) is 0 Å². The minimum Gasteiger partial charge on any atom is -0.317 e. The first-order valence-corrected chi connectivity index (χ1v) is 3.02. The van der Waals surface area contributed by atoms with Crippen LogP contribution in [0.4, 0.5) is 0 Å². The number of aldehydes is 1. The third-order valence-electron chi connectivity index (χ3n) is 0.886. The van der Waals surface area contributed by atoms with Crippen LogP contribution in [-0.2, 0) is 4.79 Å². The quantitative estimate of drug-likeness (QED) is 0.566. The van der Waals surface area contributed by atoms with Gasteiger partial charge in [-0.3, -0.25) is 0 Å². The van der Waals surface area contributed by atoms with Crippen molar-refractivity contribution in [2.24, 2.45) is 11.1 Å². The second-order valence-corrected chi connectivity index (χ2v) is 3.43. The molecule has 0 aliphatic heterocycles. The van der Waals surface area contributed by atoms with Crippen molar-refractivity contribution in [3.63, 3.8) is 0 Å². The SMILES string of the molecule is CC(C)(C)C[C](N)C=O. The average Bonchev–Trinajstić information content (AvgIpc) is 1.62. The van der Waals surface area contributed by atoms with E-state index in [-0.39, 0.29) is 5.41 Å². The van der Waals surface area contributed by atoms with E-state index in [9.17, 15) is 4.79 Å². The summed E-state index contributed by atoms with van der Waals surface area (Å²) in [4.78, 5) is 10.0. The topological polar surface area (TPSA) is 43.1 Å². The minimum absolute atomic E-state index is 0.130. The van der Waals surface area contributed by atoms with Gasteiger partial charge in [0.05, 0.1) is 6.04 Å². The Balaban J connectivity index is 3.59. The summed E-state index contributed by atoms with van der Waals surface area (Å²) >= 11 is 0. The first-order chi connectivity index (χ1) is 3.95. The van der Waals surface area contributed by atoms with Crippen LogP contribution in [0.15, 0.2) is 0 Å². The van der Waals surface area contributed by atoms with E-state index in [1.807, 2.05) is 20.8 Å². The number of rotatable bonds is 2. The molecule has 53 valence electrons. The highest BCUT2D eigenvalue weighted by molar-refractivity contribution is 5.66. The zero-order valence-corrected chi connectivity index (χ0v) is 6.27. The van der Waals surface area contributed by atoms with Gasteiger partial charge in [-0.1, -0.05) is 20.8 Å². The van der Waals surface area contributed by atoms with Crippen LogP contribution in [-0.4, -0.2) is 6.29 Å². The van der Waals surface area contributed by atoms with Crippen LogP contribution in [0.5, 0.6) is 0 Å². The first kappa shape index (κ1) is 8.63. The zero-order chi connectivity index (χ0) is 7.49. The van der Waals surface area contributed by atoms with E-state index in [0.717, 1.165) is 0 Å². The molecule has 0 heterocycles. The lowest BCUT2D eigenvalue weighted by Gasteiger charge is -2.18. The molecule has 0 saturated heterocycles. The van der Waals surface area contributed by atoms with Gasteiger partial charge in [-0.05, 0) is 11.8 Å². The normalized spacial score (nSPS) is 12.1. The fourth-order valence-corrected chi connectivity index (χ4v) is 0.654. The fourth-order valence-electron chi connectivity index (χ4n) is 0.654. The van der Waals surface area contributed by atoms with Crippen LogP contribution < -0.4 is 5.73 Å². The number of hydrogen-bond acceptors (Lipinski definition) is 2. The number of nitrogens with two attached hydrogens (primary N) is 1. The van der Waals surface area contributed by atoms with Crippen molar-refractivity contribution < 1.29 is 4.79 Å². The third-order valence-corrected chi connectivity index (χ3v) is 0.886. The molecule has 0 aliphatic rings. The fraction of sp³-hybridized carbons (Fsp3) is 0.714. The van der Waals surface area contributed by atoms with E-state index in [1.165, 1.54) is 0 Å². The van der Waals surface area contributed by atoms with Crippen molar-refractivity contribution in [1.29, 1.82) is 0 Å². The lowest BCUT2D eigenvalue weighted by molar-refractivity contribution is -0.106. The van der Waals surface area contributed by atoms with Gasteiger partial charge >= 0.3 is 0 Å². The van der Waals surface area contributed by atoms with E-state index in [1.54, 1.807) is 0 Å². The lowest BCUT2D eigenvalue weighted by Crippen LogP contribution is -2.19. The van der Waals surface area contributed by atoms with Crippen molar-refractivity contribution in [1.82, 2.24) is 0 Å². The summed E-state index contributed by atoms with van der Waals surface area (Å²) in [6, 6.07) is 0.433. The Morgan fingerprint density at radius 2 is 2.00 bits per heavy atom. The molecule has 2 N–H and O–H groups in total. The average molecular weight is 128 g/mol. The van der Waals surface area contributed by atoms with Gasteiger partial charge in [-0.2, -0.15) is 0 Å². The van der Waals surface area contributed by atoms with Gasteiger partial charge in [-0.15, -0.1) is 0 Å². The Hall–Kier alpha value is -0.370. The molecule has 2 heteroatoms. The molecular formula is C7H14NO. The molecule has 2 nitrogen and oxygen atoms in total. The maximum absolute atomic E-state index is 10.0. The van der Waals surface area contributed by atoms with Crippen LogP contribution in [0.1, 0.15) is 27.2 Å². The summed E-state index contributed by atoms with van der Waals surface area (Å²) in [5.41, 5.74) is 5.44. The van der Waals surface area contributed by atoms with Crippen molar-refractivity contribution in [2.75, 3.05) is 0 Å². The Labute approximate surface area is 56.4 Å². The van der Waals surface area contributed by atoms with E-state index < -0.39 is 0 Å². The minimum atomic E-state index is 0.130. The van der Waals surface area contributed by atoms with Crippen molar-refractivity contribution >= 4 is 6.29 Å². The molecule has 0 rings (SSSR count). The smallest absolute Gasteiger partial charge is 0.142 e. The highest BCUT2D eigenvalue weighted by atomic mass is 16.1. The van der Waals surface area contributed by atoms with E-state index in [2.05, 4.69) is 0 Å². The standard InChI is InChI=1S/C7H14NO/c1-7(2,3)4-6(8)5-9/h5H,4,8H2,1-3H3. The summed E-state index contributed by atoms with van der Waals surface area (Å²) < 4.78 is 0. The van der Waals surface area contributed by atoms with Gasteiger partial charge in [0, 0.05) is 0 Å². The van der Waals surface area contributed by atoms with Crippen molar-refractivity contribution in [2.45, 2.75) is 27.2 Å². The second kappa shape index (κ2) is 2.97. The predicted molar refractivity (Wildman–Crippen MR) is 37.6 cm³/mol. The Morgan fingerprint density at radius 3 is 2.11 bits per heavy atom. The van der Waals surface area contributed by atoms with Gasteiger partial charge in [0.1, 0.15) is 6.29 Å². The summed E-state index contributed by atoms with van der Waals surface area (Å²) in [5, 5.41) is 0. The summed E-state index contributed by atoms with van der Waals surface area (Å²) in [6.07, 6.45) is 1.39. The van der Waals surface area contributed by atoms with Gasteiger partial charge in [0.15, 0.2) is 0 Å². The maximum Gasteiger partial charge on any atom is 0.142 e.